The van der Waals surface area contributed by atoms with E-state index in [1.165, 1.54) is 0 Å². The van der Waals surface area contributed by atoms with Crippen molar-refractivity contribution in [3.05, 3.63) is 71.8 Å². The van der Waals surface area contributed by atoms with Crippen molar-refractivity contribution in [2.45, 2.75) is 38.5 Å². The van der Waals surface area contributed by atoms with Crippen LogP contribution in [-0.4, -0.2) is 42.8 Å². The third kappa shape index (κ3) is 9.96. The molecular formula is C24H30N4O5. The van der Waals surface area contributed by atoms with Gasteiger partial charge in [0.05, 0.1) is 6.04 Å². The molecule has 1 atom stereocenters. The number of carbonyl (C=O) groups excluding carboxylic acids is 4. The molecule has 3 amide bonds. The Morgan fingerprint density at radius 3 is 2.12 bits per heavy atom. The molecule has 0 saturated heterocycles. The first kappa shape index (κ1) is 25.5. The van der Waals surface area contributed by atoms with Gasteiger partial charge in [-0.2, -0.15) is 0 Å². The molecule has 0 heterocycles. The van der Waals surface area contributed by atoms with E-state index >= 15 is 0 Å². The van der Waals surface area contributed by atoms with E-state index in [2.05, 4.69) is 16.0 Å². The second-order valence-electron chi connectivity index (χ2n) is 7.35. The summed E-state index contributed by atoms with van der Waals surface area (Å²) in [6.45, 7) is 0.309. The second kappa shape index (κ2) is 14.4. The highest BCUT2D eigenvalue weighted by molar-refractivity contribution is 6.38. The number of ether oxygens (including phenoxy) is 1. The Balaban J connectivity index is 1.82. The van der Waals surface area contributed by atoms with Gasteiger partial charge in [0.15, 0.2) is 0 Å². The van der Waals surface area contributed by atoms with Gasteiger partial charge in [-0.3, -0.25) is 14.4 Å². The van der Waals surface area contributed by atoms with Crippen LogP contribution in [0.1, 0.15) is 30.4 Å². The van der Waals surface area contributed by atoms with Crippen LogP contribution in [0.4, 0.5) is 4.79 Å². The van der Waals surface area contributed by atoms with Gasteiger partial charge in [-0.15, -0.1) is 0 Å². The Bertz CT molecular complexity index is 906. The van der Waals surface area contributed by atoms with Gasteiger partial charge in [-0.05, 0) is 36.9 Å². The van der Waals surface area contributed by atoms with Crippen LogP contribution in [0.5, 0.6) is 0 Å². The third-order valence-electron chi connectivity index (χ3n) is 4.72. The first-order valence-corrected chi connectivity index (χ1v) is 10.8. The fourth-order valence-corrected chi connectivity index (χ4v) is 2.96. The van der Waals surface area contributed by atoms with Gasteiger partial charge >= 0.3 is 6.09 Å². The van der Waals surface area contributed by atoms with Crippen molar-refractivity contribution < 1.29 is 23.9 Å². The number of benzene rings is 2. The molecule has 2 aromatic rings. The summed E-state index contributed by atoms with van der Waals surface area (Å²) in [6, 6.07) is 17.3. The lowest BCUT2D eigenvalue weighted by Gasteiger charge is -2.17. The van der Waals surface area contributed by atoms with Crippen LogP contribution >= 0.6 is 0 Å². The summed E-state index contributed by atoms with van der Waals surface area (Å²) < 4.78 is 5.05. The molecule has 0 spiro atoms. The van der Waals surface area contributed by atoms with Gasteiger partial charge in [0.2, 0.25) is 11.7 Å². The number of alkyl carbamates (subject to hydrolysis) is 1. The summed E-state index contributed by atoms with van der Waals surface area (Å²) in [5.74, 6) is -2.14. The highest BCUT2D eigenvalue weighted by atomic mass is 16.5. The lowest BCUT2D eigenvalue weighted by Crippen LogP contribution is -2.49. The maximum atomic E-state index is 12.6. The normalized spacial score (nSPS) is 11.2. The van der Waals surface area contributed by atoms with Crippen LogP contribution in [-0.2, 0) is 32.3 Å². The fourth-order valence-electron chi connectivity index (χ4n) is 2.96. The summed E-state index contributed by atoms with van der Waals surface area (Å²) in [7, 11) is 0. The molecule has 9 heteroatoms. The molecule has 0 aliphatic carbocycles. The lowest BCUT2D eigenvalue weighted by atomic mass is 10.0. The molecule has 0 aromatic heterocycles. The van der Waals surface area contributed by atoms with Crippen molar-refractivity contribution in [3.63, 3.8) is 0 Å². The van der Waals surface area contributed by atoms with E-state index in [1.54, 1.807) is 12.1 Å². The van der Waals surface area contributed by atoms with Crippen LogP contribution < -0.4 is 21.7 Å². The minimum atomic E-state index is -1.01. The van der Waals surface area contributed by atoms with Crippen LogP contribution in [0.25, 0.3) is 0 Å². The predicted molar refractivity (Wildman–Crippen MR) is 123 cm³/mol. The summed E-state index contributed by atoms with van der Waals surface area (Å²) in [6.07, 6.45) is 0.709. The zero-order valence-electron chi connectivity index (χ0n) is 18.4. The first-order valence-electron chi connectivity index (χ1n) is 10.8. The monoisotopic (exact) mass is 454 g/mol. The molecule has 0 bridgehead atoms. The first-order chi connectivity index (χ1) is 16.0. The molecule has 9 nitrogen and oxygen atoms in total. The Hall–Kier alpha value is -3.72. The van der Waals surface area contributed by atoms with Crippen LogP contribution in [0.15, 0.2) is 60.7 Å². The Labute approximate surface area is 193 Å². The number of nitrogens with one attached hydrogen (secondary N) is 3. The van der Waals surface area contributed by atoms with Crippen molar-refractivity contribution in [3.8, 4) is 0 Å². The number of carbonyl (C=O) groups is 4. The molecule has 2 aromatic carbocycles. The van der Waals surface area contributed by atoms with Gasteiger partial charge < -0.3 is 26.4 Å². The number of ketones is 1. The Morgan fingerprint density at radius 2 is 1.48 bits per heavy atom. The Morgan fingerprint density at radius 1 is 0.848 bits per heavy atom. The molecule has 2 rings (SSSR count). The maximum absolute atomic E-state index is 12.6. The molecule has 0 aliphatic heterocycles. The number of Topliss-reactive ketones (excluding diaryl/α,β-unsaturated/α-hetero) is 1. The van der Waals surface area contributed by atoms with Gasteiger partial charge in [0, 0.05) is 6.54 Å². The average Bonchev–Trinajstić information content (AvgIpc) is 2.85. The van der Waals surface area contributed by atoms with E-state index in [-0.39, 0.29) is 26.1 Å². The highest BCUT2D eigenvalue weighted by Crippen LogP contribution is 2.04. The van der Waals surface area contributed by atoms with Crippen LogP contribution in [0, 0.1) is 0 Å². The van der Waals surface area contributed by atoms with Crippen molar-refractivity contribution in [2.24, 2.45) is 5.73 Å². The van der Waals surface area contributed by atoms with Crippen molar-refractivity contribution in [1.82, 2.24) is 16.0 Å². The molecule has 176 valence electrons. The van der Waals surface area contributed by atoms with Gasteiger partial charge in [-0.1, -0.05) is 60.7 Å². The molecule has 0 saturated carbocycles. The number of amides is 3. The van der Waals surface area contributed by atoms with E-state index < -0.39 is 29.7 Å². The van der Waals surface area contributed by atoms with Crippen LogP contribution in [0.2, 0.25) is 0 Å². The van der Waals surface area contributed by atoms with E-state index in [4.69, 9.17) is 10.5 Å². The lowest BCUT2D eigenvalue weighted by molar-refractivity contribution is -0.140. The number of nitrogens with two attached hydrogens (primary N) is 1. The number of hydrogen-bond acceptors (Lipinski definition) is 6. The smallest absolute Gasteiger partial charge is 0.407 e. The van der Waals surface area contributed by atoms with E-state index in [0.29, 0.717) is 19.4 Å². The summed E-state index contributed by atoms with van der Waals surface area (Å²) in [5, 5.41) is 7.43. The minimum absolute atomic E-state index is 0.0656. The SMILES string of the molecule is NCCCC[C@H](NC(=O)CNC(=O)OCc1ccccc1)C(=O)C(=O)NCc1ccccc1. The highest BCUT2D eigenvalue weighted by Gasteiger charge is 2.26. The standard InChI is InChI=1S/C24H30N4O5/c25-14-8-7-13-20(22(30)23(31)26-15-18-9-3-1-4-10-18)28-21(29)16-27-24(32)33-17-19-11-5-2-6-12-19/h1-6,9-12,20H,7-8,13-17,25H2,(H,26,31)(H,27,32)(H,28,29)/t20-/m0/s1. The topological polar surface area (TPSA) is 140 Å². The van der Waals surface area contributed by atoms with E-state index in [0.717, 1.165) is 11.1 Å². The third-order valence-corrected chi connectivity index (χ3v) is 4.72. The van der Waals surface area contributed by atoms with E-state index in [1.807, 2.05) is 48.5 Å². The molecule has 0 radical (unpaired) electrons. The number of unbranched alkanes of at least 4 members (excludes halogenated alkanes) is 1. The quantitative estimate of drug-likeness (QED) is 0.267. The van der Waals surface area contributed by atoms with Gasteiger partial charge in [0.25, 0.3) is 5.91 Å². The molecule has 33 heavy (non-hydrogen) atoms. The molecule has 0 unspecified atom stereocenters. The summed E-state index contributed by atoms with van der Waals surface area (Å²) in [4.78, 5) is 49.1. The van der Waals surface area contributed by atoms with Crippen LogP contribution in [0.3, 0.4) is 0 Å². The summed E-state index contributed by atoms with van der Waals surface area (Å²) >= 11 is 0. The van der Waals surface area contributed by atoms with Crippen molar-refractivity contribution in [2.75, 3.05) is 13.1 Å². The second-order valence-corrected chi connectivity index (χ2v) is 7.35. The van der Waals surface area contributed by atoms with E-state index in [9.17, 15) is 19.2 Å². The zero-order chi connectivity index (χ0) is 23.9. The zero-order valence-corrected chi connectivity index (χ0v) is 18.4. The molecule has 0 aliphatic rings. The minimum Gasteiger partial charge on any atom is -0.445 e. The largest absolute Gasteiger partial charge is 0.445 e. The van der Waals surface area contributed by atoms with Gasteiger partial charge in [-0.25, -0.2) is 4.79 Å². The number of rotatable bonds is 13. The molecule has 5 N–H and O–H groups in total. The Kier molecular flexibility index (Phi) is 11.1. The van der Waals surface area contributed by atoms with Crippen molar-refractivity contribution >= 4 is 23.7 Å². The average molecular weight is 455 g/mol. The predicted octanol–water partition coefficient (Wildman–Crippen LogP) is 1.41. The maximum Gasteiger partial charge on any atom is 0.407 e. The molecular weight excluding hydrogens is 424 g/mol. The fraction of sp³-hybridized carbons (Fsp3) is 0.333. The molecule has 0 fully saturated rings. The van der Waals surface area contributed by atoms with Gasteiger partial charge in [0.1, 0.15) is 13.2 Å². The summed E-state index contributed by atoms with van der Waals surface area (Å²) in [5.41, 5.74) is 7.16. The van der Waals surface area contributed by atoms with Crippen molar-refractivity contribution in [1.29, 1.82) is 0 Å². The number of hydrogen-bond donors (Lipinski definition) is 4.